The van der Waals surface area contributed by atoms with Crippen molar-refractivity contribution in [3.63, 3.8) is 0 Å². The largest absolute Gasteiger partial charge is 0.379 e. The Hall–Kier alpha value is -2.49. The van der Waals surface area contributed by atoms with Crippen LogP contribution < -0.4 is 11.5 Å². The Morgan fingerprint density at radius 3 is 1.66 bits per heavy atom. The SMILES string of the molecule is C.C#CCN(C)CCS(C)(=O)=O.CN(CCS(C)(=O)=O)Cc1cn(CCOCCOCCOCCN)nn1.[N-]=[N+]=NCCOCCOCCOCCN. The Bertz CT molecular complexity index is 1280. The number of hydrogen-bond acceptors (Lipinski definition) is 17. The van der Waals surface area contributed by atoms with Crippen LogP contribution in [-0.4, -0.2) is 198 Å². The zero-order chi connectivity index (χ0) is 39.4. The zero-order valence-corrected chi connectivity index (χ0v) is 33.0. The number of sulfone groups is 2. The van der Waals surface area contributed by atoms with Crippen LogP contribution in [0.1, 0.15) is 13.1 Å². The van der Waals surface area contributed by atoms with Gasteiger partial charge in [-0.05, 0) is 19.6 Å². The Morgan fingerprint density at radius 2 is 1.23 bits per heavy atom. The van der Waals surface area contributed by atoms with Crippen molar-refractivity contribution in [2.24, 2.45) is 16.6 Å². The molecule has 0 spiro atoms. The molecule has 0 aliphatic carbocycles. The predicted molar refractivity (Wildman–Crippen MR) is 206 cm³/mol. The molecule has 0 amide bonds. The summed E-state index contributed by atoms with van der Waals surface area (Å²) in [6.07, 6.45) is 9.32. The second kappa shape index (κ2) is 37.8. The number of nitrogens with two attached hydrogens (primary N) is 2. The fourth-order valence-electron chi connectivity index (χ4n) is 3.31. The normalized spacial score (nSPS) is 11.2. The first kappa shape index (κ1) is 54.9. The molecule has 0 fully saturated rings. The molecule has 0 aliphatic heterocycles. The lowest BCUT2D eigenvalue weighted by Crippen LogP contribution is -2.25. The molecule has 312 valence electrons. The molecule has 1 heterocycles. The highest BCUT2D eigenvalue weighted by Gasteiger charge is 2.09. The third-order valence-electron chi connectivity index (χ3n) is 5.94. The van der Waals surface area contributed by atoms with Crippen molar-refractivity contribution in [3.05, 3.63) is 22.3 Å². The van der Waals surface area contributed by atoms with Crippen LogP contribution in [0.15, 0.2) is 11.3 Å². The Morgan fingerprint density at radius 1 is 0.792 bits per heavy atom. The second-order valence-corrected chi connectivity index (χ2v) is 15.6. The van der Waals surface area contributed by atoms with Crippen molar-refractivity contribution in [3.8, 4) is 12.3 Å². The van der Waals surface area contributed by atoms with E-state index >= 15 is 0 Å². The van der Waals surface area contributed by atoms with Gasteiger partial charge in [0.1, 0.15) is 19.7 Å². The third-order valence-corrected chi connectivity index (χ3v) is 7.79. The molecule has 1 rings (SSSR count). The predicted octanol–water partition coefficient (Wildman–Crippen LogP) is -0.700. The van der Waals surface area contributed by atoms with Gasteiger partial charge in [-0.15, -0.1) is 11.5 Å². The van der Waals surface area contributed by atoms with Crippen LogP contribution in [0.5, 0.6) is 0 Å². The number of nitrogens with zero attached hydrogens (tertiary/aromatic N) is 8. The molecule has 0 aliphatic rings. The number of aromatic nitrogens is 3. The molecular formula is C31H66N10O10S2. The van der Waals surface area contributed by atoms with Crippen LogP contribution >= 0.6 is 0 Å². The van der Waals surface area contributed by atoms with Gasteiger partial charge in [-0.25, -0.2) is 21.5 Å². The fraction of sp³-hybridized carbons (Fsp3) is 0.871. The van der Waals surface area contributed by atoms with E-state index in [4.69, 9.17) is 51.8 Å². The summed E-state index contributed by atoms with van der Waals surface area (Å²) in [6, 6.07) is 0. The van der Waals surface area contributed by atoms with Gasteiger partial charge in [-0.2, -0.15) is 0 Å². The van der Waals surface area contributed by atoms with E-state index in [9.17, 15) is 16.8 Å². The maximum absolute atomic E-state index is 11.2. The van der Waals surface area contributed by atoms with Crippen LogP contribution in [0.3, 0.4) is 0 Å². The minimum Gasteiger partial charge on any atom is -0.379 e. The smallest absolute Gasteiger partial charge is 0.148 e. The summed E-state index contributed by atoms with van der Waals surface area (Å²) in [5, 5.41) is 11.4. The van der Waals surface area contributed by atoms with Crippen LogP contribution in [0.4, 0.5) is 0 Å². The molecule has 53 heavy (non-hydrogen) atoms. The molecule has 0 atom stereocenters. The Labute approximate surface area is 317 Å². The molecule has 0 radical (unpaired) electrons. The number of azide groups is 1. The van der Waals surface area contributed by atoms with Crippen molar-refractivity contribution >= 4 is 19.7 Å². The van der Waals surface area contributed by atoms with Crippen LogP contribution in [0, 0.1) is 12.3 Å². The van der Waals surface area contributed by atoms with E-state index in [0.29, 0.717) is 132 Å². The van der Waals surface area contributed by atoms with Crippen LogP contribution in [0.25, 0.3) is 10.4 Å². The van der Waals surface area contributed by atoms with E-state index in [0.717, 1.165) is 5.69 Å². The topological polar surface area (TPSA) is 262 Å². The van der Waals surface area contributed by atoms with E-state index in [1.807, 2.05) is 18.1 Å². The molecule has 0 aromatic carbocycles. The highest BCUT2D eigenvalue weighted by Crippen LogP contribution is 1.99. The summed E-state index contributed by atoms with van der Waals surface area (Å²) in [7, 11) is -2.15. The van der Waals surface area contributed by atoms with Crippen LogP contribution in [0.2, 0.25) is 0 Å². The van der Waals surface area contributed by atoms with Crippen molar-refractivity contribution in [2.75, 3.05) is 157 Å². The number of hydrogen-bond donors (Lipinski definition) is 2. The number of rotatable bonds is 31. The van der Waals surface area contributed by atoms with Gasteiger partial charge >= 0.3 is 0 Å². The lowest BCUT2D eigenvalue weighted by molar-refractivity contribution is 0.0141. The van der Waals surface area contributed by atoms with Crippen molar-refractivity contribution < 1.29 is 45.3 Å². The van der Waals surface area contributed by atoms with Crippen molar-refractivity contribution in [2.45, 2.75) is 20.5 Å². The summed E-state index contributed by atoms with van der Waals surface area (Å²) in [6.45, 7) is 10.3. The van der Waals surface area contributed by atoms with E-state index in [1.165, 1.54) is 12.5 Å². The first-order valence-corrected chi connectivity index (χ1v) is 20.8. The summed E-state index contributed by atoms with van der Waals surface area (Å²) >= 11 is 0. The van der Waals surface area contributed by atoms with Gasteiger partial charge in [0.25, 0.3) is 0 Å². The third kappa shape index (κ3) is 45.6. The Balaban J connectivity index is -0.000000785. The van der Waals surface area contributed by atoms with Crippen molar-refractivity contribution in [1.82, 2.24) is 24.8 Å². The molecule has 0 bridgehead atoms. The fourth-order valence-corrected chi connectivity index (χ4v) is 4.60. The summed E-state index contributed by atoms with van der Waals surface area (Å²) in [5.41, 5.74) is 19.3. The summed E-state index contributed by atoms with van der Waals surface area (Å²) in [4.78, 5) is 6.29. The second-order valence-electron chi connectivity index (χ2n) is 11.1. The zero-order valence-electron chi connectivity index (χ0n) is 31.3. The number of terminal acetylenes is 1. The van der Waals surface area contributed by atoms with Gasteiger partial charge in [0.15, 0.2) is 0 Å². The molecule has 1 aromatic rings. The molecule has 4 N–H and O–H groups in total. The quantitative estimate of drug-likeness (QED) is 0.0309. The highest BCUT2D eigenvalue weighted by molar-refractivity contribution is 7.90. The minimum atomic E-state index is -2.96. The van der Waals surface area contributed by atoms with Gasteiger partial charge in [-0.1, -0.05) is 23.7 Å². The number of ether oxygens (including phenoxy) is 6. The van der Waals surface area contributed by atoms with Gasteiger partial charge in [0, 0.05) is 62.9 Å². The average Bonchev–Trinajstić information content (AvgIpc) is 3.53. The van der Waals surface area contributed by atoms with E-state index in [-0.39, 0.29) is 18.9 Å². The molecule has 0 saturated carbocycles. The molecule has 1 aromatic heterocycles. The standard InChI is InChI=1S/C15H31N5O5S.C8H18N4O3.C7H13NO2S.CH4/c1-19(5-12-26(2,21)22)13-15-14-20(18-17-15)4-7-24-9-11-25-10-8-23-6-3-16;9-1-3-13-5-7-15-8-6-14-4-2-11-12-10;1-4-5-8(2)6-7-11(3,9)10;/h14H,3-13,16H2,1-2H3;1-9H2;1H,5-7H2,2-3H3;1H4. The van der Waals surface area contributed by atoms with Crippen LogP contribution in [-0.2, 0) is 61.2 Å². The lowest BCUT2D eigenvalue weighted by Gasteiger charge is -2.13. The summed E-state index contributed by atoms with van der Waals surface area (Å²) in [5.74, 6) is 2.74. The van der Waals surface area contributed by atoms with Gasteiger partial charge in [0.2, 0.25) is 0 Å². The van der Waals surface area contributed by atoms with Gasteiger partial charge < -0.3 is 39.9 Å². The van der Waals surface area contributed by atoms with E-state index in [1.54, 1.807) is 16.6 Å². The lowest BCUT2D eigenvalue weighted by atomic mass is 10.4. The molecule has 0 saturated heterocycles. The summed E-state index contributed by atoms with van der Waals surface area (Å²) < 4.78 is 76.8. The van der Waals surface area contributed by atoms with E-state index < -0.39 is 19.7 Å². The monoisotopic (exact) mass is 802 g/mol. The maximum Gasteiger partial charge on any atom is 0.148 e. The van der Waals surface area contributed by atoms with Gasteiger partial charge in [-0.3, -0.25) is 9.80 Å². The molecular weight excluding hydrogens is 737 g/mol. The Kier molecular flexibility index (Phi) is 39.1. The first-order valence-electron chi connectivity index (χ1n) is 16.7. The molecule has 20 nitrogen and oxygen atoms in total. The van der Waals surface area contributed by atoms with Crippen molar-refractivity contribution in [1.29, 1.82) is 0 Å². The average molecular weight is 803 g/mol. The van der Waals surface area contributed by atoms with E-state index in [2.05, 4.69) is 26.3 Å². The molecule has 0 unspecified atom stereocenters. The molecule has 22 heteroatoms. The minimum absolute atomic E-state index is 0. The van der Waals surface area contributed by atoms with Gasteiger partial charge in [0.05, 0.1) is 110 Å². The maximum atomic E-state index is 11.2. The first-order chi connectivity index (χ1) is 24.8. The highest BCUT2D eigenvalue weighted by atomic mass is 32.2.